The average molecular weight is 203 g/mol. The molecule has 0 bridgehead atoms. The smallest absolute Gasteiger partial charge is 0.258 e. The largest absolute Gasteiger partial charge is 0.496 e. The summed E-state index contributed by atoms with van der Waals surface area (Å²) in [6.45, 7) is 2.64. The SMILES string of the molecule is CCn1ccc2c(OC)cccc2c1=O. The molecule has 0 aliphatic heterocycles. The molecule has 3 heteroatoms. The zero-order valence-corrected chi connectivity index (χ0v) is 8.86. The number of aryl methyl sites for hydroxylation is 1. The molecule has 0 aliphatic rings. The first kappa shape index (κ1) is 9.77. The number of methoxy groups -OCH3 is 1. The third-order valence-electron chi connectivity index (χ3n) is 2.54. The normalized spacial score (nSPS) is 10.5. The molecule has 1 heterocycles. The first-order valence-corrected chi connectivity index (χ1v) is 4.94. The molecule has 15 heavy (non-hydrogen) atoms. The van der Waals surface area contributed by atoms with Gasteiger partial charge in [0.25, 0.3) is 5.56 Å². The summed E-state index contributed by atoms with van der Waals surface area (Å²) in [4.78, 5) is 11.9. The van der Waals surface area contributed by atoms with E-state index in [2.05, 4.69) is 0 Å². The Labute approximate surface area is 87.9 Å². The van der Waals surface area contributed by atoms with Crippen LogP contribution in [0.4, 0.5) is 0 Å². The van der Waals surface area contributed by atoms with Crippen LogP contribution in [-0.4, -0.2) is 11.7 Å². The molecular weight excluding hydrogens is 190 g/mol. The highest BCUT2D eigenvalue weighted by Crippen LogP contribution is 2.22. The maximum Gasteiger partial charge on any atom is 0.258 e. The first-order valence-electron chi connectivity index (χ1n) is 4.94. The summed E-state index contributed by atoms with van der Waals surface area (Å²) in [6.07, 6.45) is 1.80. The number of ether oxygens (including phenoxy) is 1. The minimum atomic E-state index is 0.0360. The van der Waals surface area contributed by atoms with Crippen LogP contribution in [0.1, 0.15) is 6.92 Å². The van der Waals surface area contributed by atoms with E-state index in [1.807, 2.05) is 31.2 Å². The van der Waals surface area contributed by atoms with Gasteiger partial charge in [-0.1, -0.05) is 6.07 Å². The molecule has 2 aromatic rings. The zero-order chi connectivity index (χ0) is 10.8. The standard InChI is InChI=1S/C12H13NO2/c1-3-13-8-7-9-10(12(13)14)5-4-6-11(9)15-2/h4-8H,3H2,1-2H3. The van der Waals surface area contributed by atoms with Gasteiger partial charge in [0.05, 0.1) is 12.5 Å². The summed E-state index contributed by atoms with van der Waals surface area (Å²) in [6, 6.07) is 7.44. The Morgan fingerprint density at radius 2 is 2.07 bits per heavy atom. The first-order chi connectivity index (χ1) is 7.27. The quantitative estimate of drug-likeness (QED) is 0.747. The van der Waals surface area contributed by atoms with Crippen molar-refractivity contribution < 1.29 is 4.74 Å². The number of aromatic nitrogens is 1. The van der Waals surface area contributed by atoms with Crippen molar-refractivity contribution in [2.24, 2.45) is 0 Å². The second kappa shape index (κ2) is 3.77. The molecule has 1 aromatic heterocycles. The predicted octanol–water partition coefficient (Wildman–Crippen LogP) is 2.03. The molecule has 0 atom stereocenters. The van der Waals surface area contributed by atoms with Crippen molar-refractivity contribution in [1.82, 2.24) is 4.57 Å². The van der Waals surface area contributed by atoms with Crippen molar-refractivity contribution in [1.29, 1.82) is 0 Å². The fraction of sp³-hybridized carbons (Fsp3) is 0.250. The lowest BCUT2D eigenvalue weighted by Gasteiger charge is -2.07. The van der Waals surface area contributed by atoms with Gasteiger partial charge in [0, 0.05) is 18.1 Å². The van der Waals surface area contributed by atoms with Gasteiger partial charge in [0.1, 0.15) is 5.75 Å². The van der Waals surface area contributed by atoms with Gasteiger partial charge in [-0.2, -0.15) is 0 Å². The third kappa shape index (κ3) is 1.50. The van der Waals surface area contributed by atoms with E-state index in [4.69, 9.17) is 4.74 Å². The summed E-state index contributed by atoms with van der Waals surface area (Å²) in [5.41, 5.74) is 0.0360. The van der Waals surface area contributed by atoms with Crippen LogP contribution in [0.5, 0.6) is 5.75 Å². The van der Waals surface area contributed by atoms with E-state index in [0.29, 0.717) is 11.9 Å². The van der Waals surface area contributed by atoms with Crippen LogP contribution in [0.3, 0.4) is 0 Å². The monoisotopic (exact) mass is 203 g/mol. The maximum absolute atomic E-state index is 11.9. The van der Waals surface area contributed by atoms with Gasteiger partial charge >= 0.3 is 0 Å². The molecule has 0 unspecified atom stereocenters. The Bertz CT molecular complexity index is 543. The van der Waals surface area contributed by atoms with Crippen LogP contribution in [-0.2, 0) is 6.54 Å². The van der Waals surface area contributed by atoms with Crippen LogP contribution < -0.4 is 10.3 Å². The van der Waals surface area contributed by atoms with Gasteiger partial charge in [-0.15, -0.1) is 0 Å². The number of rotatable bonds is 2. The van der Waals surface area contributed by atoms with E-state index in [9.17, 15) is 4.79 Å². The van der Waals surface area contributed by atoms with Crippen molar-refractivity contribution in [3.8, 4) is 5.75 Å². The van der Waals surface area contributed by atoms with E-state index in [1.54, 1.807) is 17.9 Å². The minimum Gasteiger partial charge on any atom is -0.496 e. The molecular formula is C12H13NO2. The Morgan fingerprint density at radius 1 is 1.27 bits per heavy atom. The lowest BCUT2D eigenvalue weighted by Crippen LogP contribution is -2.18. The number of nitrogens with zero attached hydrogens (tertiary/aromatic N) is 1. The van der Waals surface area contributed by atoms with E-state index in [0.717, 1.165) is 11.1 Å². The fourth-order valence-corrected chi connectivity index (χ4v) is 1.72. The Morgan fingerprint density at radius 3 is 2.73 bits per heavy atom. The van der Waals surface area contributed by atoms with E-state index in [-0.39, 0.29) is 5.56 Å². The summed E-state index contributed by atoms with van der Waals surface area (Å²) in [5.74, 6) is 0.743. The third-order valence-corrected chi connectivity index (χ3v) is 2.54. The van der Waals surface area contributed by atoms with E-state index < -0.39 is 0 Å². The fourth-order valence-electron chi connectivity index (χ4n) is 1.72. The molecule has 0 spiro atoms. The second-order valence-corrected chi connectivity index (χ2v) is 3.33. The molecule has 0 fully saturated rings. The van der Waals surface area contributed by atoms with Gasteiger partial charge in [0.15, 0.2) is 0 Å². The van der Waals surface area contributed by atoms with E-state index >= 15 is 0 Å². The molecule has 0 saturated carbocycles. The second-order valence-electron chi connectivity index (χ2n) is 3.33. The highest BCUT2D eigenvalue weighted by Gasteiger charge is 2.05. The Hall–Kier alpha value is -1.77. The summed E-state index contributed by atoms with van der Waals surface area (Å²) in [7, 11) is 1.61. The molecule has 2 rings (SSSR count). The number of benzene rings is 1. The Balaban J connectivity index is 2.84. The molecule has 1 aromatic carbocycles. The lowest BCUT2D eigenvalue weighted by molar-refractivity contribution is 0.419. The molecule has 0 radical (unpaired) electrons. The van der Waals surface area contributed by atoms with Crippen LogP contribution >= 0.6 is 0 Å². The zero-order valence-electron chi connectivity index (χ0n) is 8.86. The van der Waals surface area contributed by atoms with Gasteiger partial charge in [-0.3, -0.25) is 4.79 Å². The van der Waals surface area contributed by atoms with Crippen molar-refractivity contribution in [3.05, 3.63) is 40.8 Å². The van der Waals surface area contributed by atoms with E-state index in [1.165, 1.54) is 0 Å². The predicted molar refractivity (Wildman–Crippen MR) is 60.4 cm³/mol. The molecule has 0 saturated heterocycles. The van der Waals surface area contributed by atoms with Gasteiger partial charge in [-0.25, -0.2) is 0 Å². The van der Waals surface area contributed by atoms with Crippen LogP contribution in [0.15, 0.2) is 35.3 Å². The number of hydrogen-bond acceptors (Lipinski definition) is 2. The topological polar surface area (TPSA) is 31.2 Å². The number of fused-ring (bicyclic) bond motifs is 1. The lowest BCUT2D eigenvalue weighted by atomic mass is 10.1. The van der Waals surface area contributed by atoms with Crippen LogP contribution in [0, 0.1) is 0 Å². The summed E-state index contributed by atoms with van der Waals surface area (Å²) < 4.78 is 6.89. The minimum absolute atomic E-state index is 0.0360. The van der Waals surface area contributed by atoms with Crippen LogP contribution in [0.25, 0.3) is 10.8 Å². The maximum atomic E-state index is 11.9. The van der Waals surface area contributed by atoms with Crippen molar-refractivity contribution in [2.45, 2.75) is 13.5 Å². The number of hydrogen-bond donors (Lipinski definition) is 0. The van der Waals surface area contributed by atoms with Crippen molar-refractivity contribution in [2.75, 3.05) is 7.11 Å². The highest BCUT2D eigenvalue weighted by molar-refractivity contribution is 5.87. The van der Waals surface area contributed by atoms with Gasteiger partial charge in [-0.05, 0) is 25.1 Å². The summed E-state index contributed by atoms with van der Waals surface area (Å²) in [5, 5.41) is 1.58. The van der Waals surface area contributed by atoms with Crippen molar-refractivity contribution >= 4 is 10.8 Å². The van der Waals surface area contributed by atoms with Gasteiger partial charge in [0.2, 0.25) is 0 Å². The number of pyridine rings is 1. The molecule has 78 valence electrons. The Kier molecular flexibility index (Phi) is 2.46. The molecule has 0 amide bonds. The van der Waals surface area contributed by atoms with Crippen molar-refractivity contribution in [3.63, 3.8) is 0 Å². The van der Waals surface area contributed by atoms with Crippen LogP contribution in [0.2, 0.25) is 0 Å². The average Bonchev–Trinajstić information content (AvgIpc) is 2.29. The summed E-state index contributed by atoms with van der Waals surface area (Å²) >= 11 is 0. The highest BCUT2D eigenvalue weighted by atomic mass is 16.5. The van der Waals surface area contributed by atoms with Gasteiger partial charge < -0.3 is 9.30 Å². The molecule has 3 nitrogen and oxygen atoms in total. The molecule has 0 aliphatic carbocycles. The molecule has 0 N–H and O–H groups in total.